The van der Waals surface area contributed by atoms with Crippen LogP contribution in [-0.2, 0) is 0 Å². The molecule has 58 valence electrons. The van der Waals surface area contributed by atoms with Crippen molar-refractivity contribution in [3.8, 4) is 0 Å². The van der Waals surface area contributed by atoms with Gasteiger partial charge in [0.15, 0.2) is 0 Å². The van der Waals surface area contributed by atoms with Crippen molar-refractivity contribution in [1.82, 2.24) is 4.98 Å². The Morgan fingerprint density at radius 3 is 3.00 bits per heavy atom. The fourth-order valence-corrected chi connectivity index (χ4v) is 0.746. The van der Waals surface area contributed by atoms with E-state index in [4.69, 9.17) is 5.11 Å². The van der Waals surface area contributed by atoms with Crippen molar-refractivity contribution in [3.05, 3.63) is 42.5 Å². The third-order valence-electron chi connectivity index (χ3n) is 1.33. The predicted octanol–water partition coefficient (Wildman–Crippen LogP) is 1.44. The van der Waals surface area contributed by atoms with Crippen molar-refractivity contribution in [1.29, 1.82) is 0 Å². The van der Waals surface area contributed by atoms with Crippen LogP contribution >= 0.6 is 0 Å². The molecule has 1 atom stereocenters. The quantitative estimate of drug-likeness (QED) is 0.515. The van der Waals surface area contributed by atoms with E-state index in [1.165, 1.54) is 18.3 Å². The Morgan fingerprint density at radius 2 is 2.45 bits per heavy atom. The van der Waals surface area contributed by atoms with Crippen LogP contribution in [0.1, 0.15) is 11.7 Å². The van der Waals surface area contributed by atoms with E-state index < -0.39 is 12.1 Å². The third kappa shape index (κ3) is 1.62. The molecule has 0 aliphatic carbocycles. The third-order valence-corrected chi connectivity index (χ3v) is 1.33. The van der Waals surface area contributed by atoms with Crippen molar-refractivity contribution in [2.75, 3.05) is 0 Å². The molecule has 1 aromatic rings. The molecular weight excluding hydrogens is 145 g/mol. The summed E-state index contributed by atoms with van der Waals surface area (Å²) >= 11 is 0. The van der Waals surface area contributed by atoms with Crippen LogP contribution in [0.3, 0.4) is 0 Å². The number of aliphatic hydroxyl groups is 1. The largest absolute Gasteiger partial charge is 0.384 e. The SMILES string of the molecule is C=CC(O)c1cccnc1F. The summed E-state index contributed by atoms with van der Waals surface area (Å²) in [5.41, 5.74) is 0.155. The van der Waals surface area contributed by atoms with E-state index in [1.807, 2.05) is 0 Å². The van der Waals surface area contributed by atoms with Gasteiger partial charge in [-0.15, -0.1) is 6.58 Å². The molecule has 1 rings (SSSR count). The summed E-state index contributed by atoms with van der Waals surface area (Å²) in [6.07, 6.45) is 1.61. The van der Waals surface area contributed by atoms with Crippen molar-refractivity contribution < 1.29 is 9.50 Å². The smallest absolute Gasteiger partial charge is 0.218 e. The molecule has 3 heteroatoms. The first-order valence-electron chi connectivity index (χ1n) is 3.16. The van der Waals surface area contributed by atoms with Crippen molar-refractivity contribution in [2.24, 2.45) is 0 Å². The van der Waals surface area contributed by atoms with E-state index in [0.717, 1.165) is 0 Å². The zero-order chi connectivity index (χ0) is 8.27. The molecule has 1 heterocycles. The van der Waals surface area contributed by atoms with Crippen LogP contribution in [0.15, 0.2) is 31.0 Å². The zero-order valence-electron chi connectivity index (χ0n) is 5.87. The fourth-order valence-electron chi connectivity index (χ4n) is 0.746. The average Bonchev–Trinajstić information content (AvgIpc) is 2.04. The lowest BCUT2D eigenvalue weighted by molar-refractivity contribution is 0.222. The van der Waals surface area contributed by atoms with Crippen LogP contribution in [0.4, 0.5) is 4.39 Å². The highest BCUT2D eigenvalue weighted by Gasteiger charge is 2.07. The minimum Gasteiger partial charge on any atom is -0.384 e. The standard InChI is InChI=1S/C8H8FNO/c1-2-7(11)6-4-3-5-10-8(6)9/h2-5,7,11H,1H2. The number of halogens is 1. The lowest BCUT2D eigenvalue weighted by Gasteiger charge is -2.04. The van der Waals surface area contributed by atoms with Gasteiger partial charge in [-0.3, -0.25) is 0 Å². The summed E-state index contributed by atoms with van der Waals surface area (Å²) in [5, 5.41) is 9.11. The Kier molecular flexibility index (Phi) is 2.33. The molecule has 0 amide bonds. The Balaban J connectivity index is 3.02. The van der Waals surface area contributed by atoms with Gasteiger partial charge in [-0.05, 0) is 12.1 Å². The van der Waals surface area contributed by atoms with Gasteiger partial charge in [0.2, 0.25) is 5.95 Å². The van der Waals surface area contributed by atoms with Crippen LogP contribution in [0.25, 0.3) is 0 Å². The number of hydrogen-bond donors (Lipinski definition) is 1. The highest BCUT2D eigenvalue weighted by atomic mass is 19.1. The Labute approximate surface area is 64.0 Å². The van der Waals surface area contributed by atoms with E-state index in [0.29, 0.717) is 0 Å². The molecule has 0 aliphatic heterocycles. The molecule has 1 unspecified atom stereocenters. The zero-order valence-corrected chi connectivity index (χ0v) is 5.87. The highest BCUT2D eigenvalue weighted by Crippen LogP contribution is 2.14. The van der Waals surface area contributed by atoms with Gasteiger partial charge in [0, 0.05) is 11.8 Å². The maximum absolute atomic E-state index is 12.7. The number of nitrogens with zero attached hydrogens (tertiary/aromatic N) is 1. The maximum atomic E-state index is 12.7. The van der Waals surface area contributed by atoms with Crippen molar-refractivity contribution in [2.45, 2.75) is 6.10 Å². The summed E-state index contributed by atoms with van der Waals surface area (Å²) in [7, 11) is 0. The molecule has 0 saturated heterocycles. The number of aliphatic hydroxyl groups excluding tert-OH is 1. The van der Waals surface area contributed by atoms with Crippen LogP contribution in [-0.4, -0.2) is 10.1 Å². The maximum Gasteiger partial charge on any atom is 0.218 e. The molecule has 0 bridgehead atoms. The topological polar surface area (TPSA) is 33.1 Å². The normalized spacial score (nSPS) is 12.5. The summed E-state index contributed by atoms with van der Waals surface area (Å²) in [6.45, 7) is 3.33. The number of rotatable bonds is 2. The molecule has 0 aliphatic rings. The number of pyridine rings is 1. The Hall–Kier alpha value is -1.22. The molecule has 0 spiro atoms. The summed E-state index contributed by atoms with van der Waals surface area (Å²) in [6, 6.07) is 3.03. The van der Waals surface area contributed by atoms with Gasteiger partial charge < -0.3 is 5.11 Å². The van der Waals surface area contributed by atoms with Gasteiger partial charge in [-0.25, -0.2) is 4.98 Å². The Morgan fingerprint density at radius 1 is 1.73 bits per heavy atom. The second-order valence-electron chi connectivity index (χ2n) is 2.06. The minimum atomic E-state index is -0.969. The molecule has 1 N–H and O–H groups in total. The van der Waals surface area contributed by atoms with Crippen molar-refractivity contribution in [3.63, 3.8) is 0 Å². The van der Waals surface area contributed by atoms with E-state index >= 15 is 0 Å². The van der Waals surface area contributed by atoms with E-state index in [9.17, 15) is 4.39 Å². The molecule has 0 radical (unpaired) electrons. The number of hydrogen-bond acceptors (Lipinski definition) is 2. The highest BCUT2D eigenvalue weighted by molar-refractivity contribution is 5.17. The van der Waals surface area contributed by atoms with E-state index in [-0.39, 0.29) is 5.56 Å². The summed E-state index contributed by atoms with van der Waals surface area (Å²) in [4.78, 5) is 3.37. The minimum absolute atomic E-state index is 0.155. The van der Waals surface area contributed by atoms with Gasteiger partial charge >= 0.3 is 0 Å². The van der Waals surface area contributed by atoms with Gasteiger partial charge in [-0.2, -0.15) is 4.39 Å². The first kappa shape index (κ1) is 7.88. The lowest BCUT2D eigenvalue weighted by atomic mass is 10.1. The van der Waals surface area contributed by atoms with Crippen LogP contribution < -0.4 is 0 Å². The predicted molar refractivity (Wildman–Crippen MR) is 39.4 cm³/mol. The van der Waals surface area contributed by atoms with Gasteiger partial charge in [0.25, 0.3) is 0 Å². The van der Waals surface area contributed by atoms with Crippen LogP contribution in [0.5, 0.6) is 0 Å². The van der Waals surface area contributed by atoms with Gasteiger partial charge in [0.05, 0.1) is 0 Å². The number of aromatic nitrogens is 1. The second kappa shape index (κ2) is 3.25. The first-order chi connectivity index (χ1) is 5.25. The molecule has 11 heavy (non-hydrogen) atoms. The molecule has 0 aromatic carbocycles. The summed E-state index contributed by atoms with van der Waals surface area (Å²) in [5.74, 6) is -0.653. The first-order valence-corrected chi connectivity index (χ1v) is 3.16. The Bertz CT molecular complexity index is 262. The van der Waals surface area contributed by atoms with Gasteiger partial charge in [-0.1, -0.05) is 6.08 Å². The van der Waals surface area contributed by atoms with E-state index in [2.05, 4.69) is 11.6 Å². The fraction of sp³-hybridized carbons (Fsp3) is 0.125. The monoisotopic (exact) mass is 153 g/mol. The lowest BCUT2D eigenvalue weighted by Crippen LogP contribution is -1.98. The second-order valence-corrected chi connectivity index (χ2v) is 2.06. The van der Waals surface area contributed by atoms with Gasteiger partial charge in [0.1, 0.15) is 6.10 Å². The molecule has 2 nitrogen and oxygen atoms in total. The average molecular weight is 153 g/mol. The summed E-state index contributed by atoms with van der Waals surface area (Å²) < 4.78 is 12.7. The van der Waals surface area contributed by atoms with Crippen LogP contribution in [0, 0.1) is 5.95 Å². The molecule has 1 aromatic heterocycles. The van der Waals surface area contributed by atoms with Crippen LogP contribution in [0.2, 0.25) is 0 Å². The molecule has 0 saturated carbocycles. The molecular formula is C8H8FNO. The van der Waals surface area contributed by atoms with Crippen molar-refractivity contribution >= 4 is 0 Å². The van der Waals surface area contributed by atoms with E-state index in [1.54, 1.807) is 6.07 Å². The molecule has 0 fully saturated rings.